The number of nitrogens with one attached hydrogen (secondary N) is 3. The Hall–Kier alpha value is -2.63. The predicted octanol–water partition coefficient (Wildman–Crippen LogP) is 1.41. The first-order valence-electron chi connectivity index (χ1n) is 7.65. The molecule has 122 valence electrons. The Morgan fingerprint density at radius 2 is 1.91 bits per heavy atom. The molecular weight excluding hydrogens is 292 g/mol. The number of H-pyrrole nitrogens is 1. The summed E-state index contributed by atoms with van der Waals surface area (Å²) >= 11 is 0. The van der Waals surface area contributed by atoms with Crippen LogP contribution in [0.25, 0.3) is 0 Å². The van der Waals surface area contributed by atoms with E-state index in [2.05, 4.69) is 20.8 Å². The van der Waals surface area contributed by atoms with Crippen molar-refractivity contribution in [3.05, 3.63) is 53.9 Å². The van der Waals surface area contributed by atoms with Crippen LogP contribution in [0.1, 0.15) is 25.1 Å². The normalized spacial score (nSPS) is 12.0. The monoisotopic (exact) mass is 314 g/mol. The van der Waals surface area contributed by atoms with Crippen LogP contribution in [0, 0.1) is 5.92 Å². The summed E-state index contributed by atoms with van der Waals surface area (Å²) in [4.78, 5) is 24.5. The maximum Gasteiger partial charge on any atom is 0.243 e. The van der Waals surface area contributed by atoms with E-state index >= 15 is 0 Å². The quantitative estimate of drug-likeness (QED) is 0.722. The Morgan fingerprint density at radius 3 is 2.52 bits per heavy atom. The van der Waals surface area contributed by atoms with Gasteiger partial charge in [0.15, 0.2) is 0 Å². The molecule has 23 heavy (non-hydrogen) atoms. The highest BCUT2D eigenvalue weighted by Gasteiger charge is 2.23. The Morgan fingerprint density at radius 1 is 1.17 bits per heavy atom. The van der Waals surface area contributed by atoms with Gasteiger partial charge in [0.2, 0.25) is 11.8 Å². The summed E-state index contributed by atoms with van der Waals surface area (Å²) in [6.07, 6.45) is 1.89. The summed E-state index contributed by atoms with van der Waals surface area (Å²) in [6, 6.07) is 10.7. The van der Waals surface area contributed by atoms with Crippen molar-refractivity contribution in [2.75, 3.05) is 0 Å². The van der Waals surface area contributed by atoms with Crippen LogP contribution in [0.3, 0.4) is 0 Å². The van der Waals surface area contributed by atoms with E-state index < -0.39 is 6.04 Å². The van der Waals surface area contributed by atoms with Crippen molar-refractivity contribution in [2.45, 2.75) is 32.9 Å². The van der Waals surface area contributed by atoms with Crippen LogP contribution >= 0.6 is 0 Å². The molecule has 0 fully saturated rings. The molecule has 2 aromatic rings. The molecule has 1 aromatic heterocycles. The van der Waals surface area contributed by atoms with Crippen LogP contribution in [0.2, 0.25) is 0 Å². The van der Waals surface area contributed by atoms with Crippen LogP contribution in [0.5, 0.6) is 0 Å². The van der Waals surface area contributed by atoms with E-state index in [0.717, 1.165) is 11.3 Å². The molecule has 0 unspecified atom stereocenters. The van der Waals surface area contributed by atoms with Crippen LogP contribution in [0.15, 0.2) is 42.6 Å². The summed E-state index contributed by atoms with van der Waals surface area (Å²) in [5, 5.41) is 12.2. The van der Waals surface area contributed by atoms with Crippen molar-refractivity contribution < 1.29 is 9.59 Å². The second-order valence-corrected chi connectivity index (χ2v) is 5.75. The fourth-order valence-electron chi connectivity index (χ4n) is 2.22. The van der Waals surface area contributed by atoms with Gasteiger partial charge in [0.05, 0.1) is 18.7 Å². The standard InChI is InChI=1S/C17H22N4O2/c1-12(2)16(17(23)18-11-14-8-9-19-21-14)20-15(22)10-13-6-4-3-5-7-13/h3-9,12,16H,10-11H2,1-2H3,(H,18,23)(H,19,21)(H,20,22)/t16-/m1/s1. The van der Waals surface area contributed by atoms with Gasteiger partial charge in [-0.15, -0.1) is 0 Å². The fourth-order valence-corrected chi connectivity index (χ4v) is 2.22. The molecular formula is C17H22N4O2. The van der Waals surface area contributed by atoms with Crippen LogP contribution in [-0.2, 0) is 22.6 Å². The van der Waals surface area contributed by atoms with Gasteiger partial charge in [-0.2, -0.15) is 5.10 Å². The van der Waals surface area contributed by atoms with Gasteiger partial charge in [-0.3, -0.25) is 14.7 Å². The smallest absolute Gasteiger partial charge is 0.243 e. The Labute approximate surface area is 135 Å². The molecule has 0 spiro atoms. The number of aromatic amines is 1. The van der Waals surface area contributed by atoms with Gasteiger partial charge in [-0.25, -0.2) is 0 Å². The zero-order valence-electron chi connectivity index (χ0n) is 13.4. The lowest BCUT2D eigenvalue weighted by molar-refractivity contribution is -0.129. The molecule has 0 saturated heterocycles. The second kappa shape index (κ2) is 8.12. The highest BCUT2D eigenvalue weighted by atomic mass is 16.2. The average molecular weight is 314 g/mol. The minimum atomic E-state index is -0.561. The van der Waals surface area contributed by atoms with Gasteiger partial charge in [0.25, 0.3) is 0 Å². The molecule has 6 nitrogen and oxygen atoms in total. The molecule has 1 heterocycles. The molecule has 2 amide bonds. The molecule has 6 heteroatoms. The third-order valence-corrected chi connectivity index (χ3v) is 3.48. The van der Waals surface area contributed by atoms with E-state index in [4.69, 9.17) is 0 Å². The molecule has 0 aliphatic heterocycles. The van der Waals surface area contributed by atoms with Gasteiger partial charge in [-0.05, 0) is 17.5 Å². The lowest BCUT2D eigenvalue weighted by Crippen LogP contribution is -2.49. The van der Waals surface area contributed by atoms with Gasteiger partial charge < -0.3 is 10.6 Å². The fraction of sp³-hybridized carbons (Fsp3) is 0.353. The van der Waals surface area contributed by atoms with Crippen molar-refractivity contribution in [1.29, 1.82) is 0 Å². The van der Waals surface area contributed by atoms with Crippen molar-refractivity contribution in [1.82, 2.24) is 20.8 Å². The third-order valence-electron chi connectivity index (χ3n) is 3.48. The van der Waals surface area contributed by atoms with Gasteiger partial charge in [-0.1, -0.05) is 44.2 Å². The molecule has 2 rings (SSSR count). The van der Waals surface area contributed by atoms with Crippen LogP contribution in [0.4, 0.5) is 0 Å². The lowest BCUT2D eigenvalue weighted by atomic mass is 10.0. The number of nitrogens with zero attached hydrogens (tertiary/aromatic N) is 1. The summed E-state index contributed by atoms with van der Waals surface area (Å²) in [7, 11) is 0. The minimum absolute atomic E-state index is 0.00325. The predicted molar refractivity (Wildman–Crippen MR) is 87.3 cm³/mol. The van der Waals surface area contributed by atoms with E-state index in [0.29, 0.717) is 6.54 Å². The second-order valence-electron chi connectivity index (χ2n) is 5.75. The number of rotatable bonds is 7. The van der Waals surface area contributed by atoms with Gasteiger partial charge >= 0.3 is 0 Å². The third kappa shape index (κ3) is 5.25. The van der Waals surface area contributed by atoms with E-state index in [1.165, 1.54) is 0 Å². The number of aromatic nitrogens is 2. The van der Waals surface area contributed by atoms with E-state index in [1.807, 2.05) is 44.2 Å². The summed E-state index contributed by atoms with van der Waals surface area (Å²) in [6.45, 7) is 4.17. The maximum absolute atomic E-state index is 12.3. The number of carbonyl (C=O) groups excluding carboxylic acids is 2. The lowest BCUT2D eigenvalue weighted by Gasteiger charge is -2.21. The molecule has 0 bridgehead atoms. The Bertz CT molecular complexity index is 623. The average Bonchev–Trinajstić information content (AvgIpc) is 3.04. The number of amides is 2. The zero-order chi connectivity index (χ0) is 16.7. The van der Waals surface area contributed by atoms with Gasteiger partial charge in [0, 0.05) is 6.20 Å². The van der Waals surface area contributed by atoms with Crippen molar-refractivity contribution in [3.8, 4) is 0 Å². The number of hydrogen-bond donors (Lipinski definition) is 3. The first kappa shape index (κ1) is 16.7. The first-order valence-corrected chi connectivity index (χ1v) is 7.65. The van der Waals surface area contributed by atoms with Crippen LogP contribution < -0.4 is 10.6 Å². The van der Waals surface area contributed by atoms with Gasteiger partial charge in [0.1, 0.15) is 6.04 Å². The highest BCUT2D eigenvalue weighted by molar-refractivity contribution is 5.88. The summed E-state index contributed by atoms with van der Waals surface area (Å²) < 4.78 is 0. The Kier molecular flexibility index (Phi) is 5.91. The molecule has 0 saturated carbocycles. The molecule has 1 aromatic carbocycles. The molecule has 0 radical (unpaired) electrons. The molecule has 0 aliphatic carbocycles. The number of benzene rings is 1. The molecule has 1 atom stereocenters. The van der Waals surface area contributed by atoms with E-state index in [-0.39, 0.29) is 24.2 Å². The van der Waals surface area contributed by atoms with Crippen molar-refractivity contribution >= 4 is 11.8 Å². The van der Waals surface area contributed by atoms with Crippen LogP contribution in [-0.4, -0.2) is 28.1 Å². The minimum Gasteiger partial charge on any atom is -0.349 e. The summed E-state index contributed by atoms with van der Waals surface area (Å²) in [5.74, 6) is -0.362. The Balaban J connectivity index is 1.89. The highest BCUT2D eigenvalue weighted by Crippen LogP contribution is 2.05. The largest absolute Gasteiger partial charge is 0.349 e. The summed E-state index contributed by atoms with van der Waals surface area (Å²) in [5.41, 5.74) is 1.74. The van der Waals surface area contributed by atoms with Crippen molar-refractivity contribution in [2.24, 2.45) is 5.92 Å². The van der Waals surface area contributed by atoms with Crippen molar-refractivity contribution in [3.63, 3.8) is 0 Å². The maximum atomic E-state index is 12.3. The van der Waals surface area contributed by atoms with E-state index in [1.54, 1.807) is 12.3 Å². The zero-order valence-corrected chi connectivity index (χ0v) is 13.4. The number of carbonyl (C=O) groups is 2. The van der Waals surface area contributed by atoms with E-state index in [9.17, 15) is 9.59 Å². The molecule has 0 aliphatic rings. The first-order chi connectivity index (χ1) is 11.1. The SMILES string of the molecule is CC(C)[C@@H](NC(=O)Cc1ccccc1)C(=O)NCc1ccn[nH]1. The molecule has 3 N–H and O–H groups in total. The number of hydrogen-bond acceptors (Lipinski definition) is 3. The topological polar surface area (TPSA) is 86.9 Å².